The Morgan fingerprint density at radius 2 is 1.81 bits per heavy atom. The molecule has 86 valence electrons. The van der Waals surface area contributed by atoms with Crippen LogP contribution >= 0.6 is 11.6 Å². The number of carbonyl (C=O) groups excluding carboxylic acids is 1. The van der Waals surface area contributed by atoms with Gasteiger partial charge in [-0.1, -0.05) is 44.5 Å². The number of benzene rings is 1. The highest BCUT2D eigenvalue weighted by Gasteiger charge is 2.49. The molecular formula is C13H15ClO2. The van der Waals surface area contributed by atoms with Crippen molar-refractivity contribution in [3.05, 3.63) is 34.9 Å². The summed E-state index contributed by atoms with van der Waals surface area (Å²) in [6.45, 7) is 5.74. The van der Waals surface area contributed by atoms with Crippen molar-refractivity contribution in [1.29, 1.82) is 0 Å². The van der Waals surface area contributed by atoms with Crippen LogP contribution in [0.3, 0.4) is 0 Å². The summed E-state index contributed by atoms with van der Waals surface area (Å²) in [6, 6.07) is 7.44. The summed E-state index contributed by atoms with van der Waals surface area (Å²) in [5.41, 5.74) is 0.679. The molecule has 0 amide bonds. The zero-order valence-corrected chi connectivity index (χ0v) is 10.4. The van der Waals surface area contributed by atoms with E-state index in [2.05, 4.69) is 0 Å². The quantitative estimate of drug-likeness (QED) is 0.739. The fraction of sp³-hybridized carbons (Fsp3) is 0.462. The summed E-state index contributed by atoms with van der Waals surface area (Å²) in [7, 11) is 0. The van der Waals surface area contributed by atoms with Crippen molar-refractivity contribution in [3.63, 3.8) is 0 Å². The molecule has 1 aromatic carbocycles. The highest BCUT2D eigenvalue weighted by atomic mass is 35.5. The average Bonchev–Trinajstić information content (AvgIpc) is 2.96. The van der Waals surface area contributed by atoms with Gasteiger partial charge in [0.05, 0.1) is 0 Å². The molecule has 2 atom stereocenters. The van der Waals surface area contributed by atoms with Gasteiger partial charge in [0.25, 0.3) is 0 Å². The minimum absolute atomic E-state index is 0.0796. The number of halogens is 1. The Morgan fingerprint density at radius 1 is 1.25 bits per heavy atom. The van der Waals surface area contributed by atoms with E-state index in [0.717, 1.165) is 5.56 Å². The molecule has 1 saturated heterocycles. The van der Waals surface area contributed by atoms with Crippen molar-refractivity contribution < 1.29 is 9.53 Å². The van der Waals surface area contributed by atoms with Crippen molar-refractivity contribution in [2.45, 2.75) is 33.0 Å². The number of hydrogen-bond donors (Lipinski definition) is 0. The Balaban J connectivity index is 2.07. The van der Waals surface area contributed by atoms with Gasteiger partial charge in [0.1, 0.15) is 12.2 Å². The van der Waals surface area contributed by atoms with Gasteiger partial charge in [0.2, 0.25) is 0 Å². The molecule has 0 aromatic heterocycles. The second-order valence-electron chi connectivity index (χ2n) is 5.14. The monoisotopic (exact) mass is 238 g/mol. The Bertz CT molecular complexity index is 403. The Hall–Kier alpha value is -0.860. The van der Waals surface area contributed by atoms with Gasteiger partial charge in [0, 0.05) is 10.4 Å². The van der Waals surface area contributed by atoms with Crippen molar-refractivity contribution in [2.24, 2.45) is 5.41 Å². The van der Waals surface area contributed by atoms with E-state index in [9.17, 15) is 4.79 Å². The van der Waals surface area contributed by atoms with Crippen LogP contribution < -0.4 is 0 Å². The molecule has 0 aliphatic carbocycles. The van der Waals surface area contributed by atoms with Gasteiger partial charge in [-0.15, -0.1) is 0 Å². The maximum Gasteiger partial charge on any atom is 0.169 e. The number of ether oxygens (including phenoxy) is 1. The lowest BCUT2D eigenvalue weighted by Gasteiger charge is -2.14. The van der Waals surface area contributed by atoms with E-state index in [4.69, 9.17) is 16.3 Å². The number of Topliss-reactive ketones (excluding diaryl/α,β-unsaturated/α-hetero) is 1. The highest BCUT2D eigenvalue weighted by Crippen LogP contribution is 2.42. The molecule has 0 bridgehead atoms. The Labute approximate surface area is 101 Å². The smallest absolute Gasteiger partial charge is 0.169 e. The molecule has 2 nitrogen and oxygen atoms in total. The standard InChI is InChI=1S/C13H15ClO2/c1-13(2,3)12(15)11-10(16-11)8-4-6-9(14)7-5-8/h4-7,10-11H,1-3H3/t10-,11+/m0/s1. The summed E-state index contributed by atoms with van der Waals surface area (Å²) in [6.07, 6.45) is -0.356. The molecule has 1 aliphatic heterocycles. The topological polar surface area (TPSA) is 29.6 Å². The van der Waals surface area contributed by atoms with Crippen molar-refractivity contribution >= 4 is 17.4 Å². The fourth-order valence-electron chi connectivity index (χ4n) is 1.64. The van der Waals surface area contributed by atoms with Gasteiger partial charge in [-0.2, -0.15) is 0 Å². The lowest BCUT2D eigenvalue weighted by Crippen LogP contribution is -2.25. The minimum atomic E-state index is -0.341. The van der Waals surface area contributed by atoms with Crippen LogP contribution in [0.15, 0.2) is 24.3 Å². The molecule has 3 heteroatoms. The fourth-order valence-corrected chi connectivity index (χ4v) is 1.77. The highest BCUT2D eigenvalue weighted by molar-refractivity contribution is 6.30. The summed E-state index contributed by atoms with van der Waals surface area (Å²) >= 11 is 5.80. The van der Waals surface area contributed by atoms with Gasteiger partial charge >= 0.3 is 0 Å². The molecule has 0 unspecified atom stereocenters. The lowest BCUT2D eigenvalue weighted by atomic mass is 9.87. The first-order valence-corrected chi connectivity index (χ1v) is 5.72. The van der Waals surface area contributed by atoms with Crippen molar-refractivity contribution in [1.82, 2.24) is 0 Å². The van der Waals surface area contributed by atoms with Crippen LogP contribution in [-0.4, -0.2) is 11.9 Å². The summed E-state index contributed by atoms with van der Waals surface area (Å²) < 4.78 is 5.44. The van der Waals surface area contributed by atoms with Crippen molar-refractivity contribution in [3.8, 4) is 0 Å². The second-order valence-corrected chi connectivity index (χ2v) is 5.58. The Kier molecular flexibility index (Phi) is 2.81. The number of carbonyl (C=O) groups is 1. The third kappa shape index (κ3) is 2.28. The largest absolute Gasteiger partial charge is 0.356 e. The first-order chi connectivity index (χ1) is 7.39. The SMILES string of the molecule is CC(C)(C)C(=O)[C@@H]1O[C@H]1c1ccc(Cl)cc1. The molecule has 1 aromatic rings. The molecule has 16 heavy (non-hydrogen) atoms. The first-order valence-electron chi connectivity index (χ1n) is 5.35. The van der Waals surface area contributed by atoms with E-state index < -0.39 is 0 Å². The third-order valence-electron chi connectivity index (χ3n) is 2.69. The van der Waals surface area contributed by atoms with Crippen LogP contribution in [-0.2, 0) is 9.53 Å². The second kappa shape index (κ2) is 3.86. The molecule has 1 aliphatic rings. The maximum absolute atomic E-state index is 11.9. The van der Waals surface area contributed by atoms with Gasteiger partial charge in [0.15, 0.2) is 5.78 Å². The summed E-state index contributed by atoms with van der Waals surface area (Å²) in [4.78, 5) is 11.9. The summed E-state index contributed by atoms with van der Waals surface area (Å²) in [5, 5.41) is 0.697. The number of ketones is 1. The average molecular weight is 239 g/mol. The van der Waals surface area contributed by atoms with Crippen LogP contribution in [0.1, 0.15) is 32.4 Å². The molecule has 0 saturated carbocycles. The normalized spacial score (nSPS) is 24.2. The van der Waals surface area contributed by atoms with Crippen LogP contribution in [0.2, 0.25) is 5.02 Å². The third-order valence-corrected chi connectivity index (χ3v) is 2.94. The predicted octanol–water partition coefficient (Wildman–Crippen LogP) is 3.40. The Morgan fingerprint density at radius 3 is 2.31 bits per heavy atom. The predicted molar refractivity (Wildman–Crippen MR) is 63.5 cm³/mol. The molecule has 0 spiro atoms. The molecule has 0 radical (unpaired) electrons. The lowest BCUT2D eigenvalue weighted by molar-refractivity contribution is -0.127. The van der Waals surface area contributed by atoms with Crippen LogP contribution in [0.4, 0.5) is 0 Å². The van der Waals surface area contributed by atoms with Gasteiger partial charge in [-0.05, 0) is 17.7 Å². The van der Waals surface area contributed by atoms with Crippen molar-refractivity contribution in [2.75, 3.05) is 0 Å². The molecule has 1 fully saturated rings. The molecular weight excluding hydrogens is 224 g/mol. The van der Waals surface area contributed by atoms with E-state index in [1.54, 1.807) is 0 Å². The zero-order valence-electron chi connectivity index (χ0n) is 9.66. The van der Waals surface area contributed by atoms with E-state index in [1.165, 1.54) is 0 Å². The number of rotatable bonds is 2. The van der Waals surface area contributed by atoms with E-state index in [0.29, 0.717) is 5.02 Å². The molecule has 0 N–H and O–H groups in total. The van der Waals surface area contributed by atoms with Gasteiger partial charge in [-0.3, -0.25) is 4.79 Å². The number of epoxide rings is 1. The molecule has 2 rings (SSSR count). The number of hydrogen-bond acceptors (Lipinski definition) is 2. The van der Waals surface area contributed by atoms with E-state index >= 15 is 0 Å². The van der Waals surface area contributed by atoms with Gasteiger partial charge in [-0.25, -0.2) is 0 Å². The zero-order chi connectivity index (χ0) is 11.9. The minimum Gasteiger partial charge on any atom is -0.356 e. The van der Waals surface area contributed by atoms with Crippen LogP contribution in [0.5, 0.6) is 0 Å². The van der Waals surface area contributed by atoms with Gasteiger partial charge < -0.3 is 4.74 Å². The van der Waals surface area contributed by atoms with Crippen LogP contribution in [0.25, 0.3) is 0 Å². The summed E-state index contributed by atoms with van der Waals surface area (Å²) in [5.74, 6) is 0.160. The maximum atomic E-state index is 11.9. The van der Waals surface area contributed by atoms with E-state index in [1.807, 2.05) is 45.0 Å². The van der Waals surface area contributed by atoms with E-state index in [-0.39, 0.29) is 23.4 Å². The molecule has 1 heterocycles. The first kappa shape index (κ1) is 11.6. The van der Waals surface area contributed by atoms with Crippen LogP contribution in [0, 0.1) is 5.41 Å².